The number of hydrogen-bond donors (Lipinski definition) is 1. The standard InChI is InChI=1S/C19H18FNO3/c20-14-6-4-13(5-7-14)12-21(10-11-22)19(24)17-3-1-2-16-15(17)8-9-18(16)23/h1-7,22H,8-12H2. The molecule has 0 fully saturated rings. The van der Waals surface area contributed by atoms with E-state index in [2.05, 4.69) is 0 Å². The smallest absolute Gasteiger partial charge is 0.254 e. The molecule has 2 aromatic rings. The van der Waals surface area contributed by atoms with Gasteiger partial charge >= 0.3 is 0 Å². The van der Waals surface area contributed by atoms with E-state index in [-0.39, 0.29) is 37.2 Å². The number of Topliss-reactive ketones (excluding diaryl/α,β-unsaturated/α-hetero) is 1. The summed E-state index contributed by atoms with van der Waals surface area (Å²) in [4.78, 5) is 26.3. The Labute approximate surface area is 139 Å². The number of hydrogen-bond acceptors (Lipinski definition) is 3. The Morgan fingerprint density at radius 2 is 1.88 bits per heavy atom. The topological polar surface area (TPSA) is 57.6 Å². The van der Waals surface area contributed by atoms with Gasteiger partial charge in [-0.3, -0.25) is 9.59 Å². The number of nitrogens with zero attached hydrogens (tertiary/aromatic N) is 1. The lowest BCUT2D eigenvalue weighted by atomic mass is 10.0. The summed E-state index contributed by atoms with van der Waals surface area (Å²) in [6.45, 7) is 0.284. The summed E-state index contributed by atoms with van der Waals surface area (Å²) in [7, 11) is 0. The van der Waals surface area contributed by atoms with Gasteiger partial charge in [0.05, 0.1) is 6.61 Å². The first-order valence-corrected chi connectivity index (χ1v) is 7.90. The van der Waals surface area contributed by atoms with Gasteiger partial charge in [0, 0.05) is 30.6 Å². The first-order valence-electron chi connectivity index (χ1n) is 7.90. The molecule has 1 amide bonds. The Hall–Kier alpha value is -2.53. The van der Waals surface area contributed by atoms with Crippen molar-refractivity contribution in [1.29, 1.82) is 0 Å². The molecular weight excluding hydrogens is 309 g/mol. The molecule has 0 saturated carbocycles. The Bertz CT molecular complexity index is 771. The number of carbonyl (C=O) groups excluding carboxylic acids is 2. The predicted octanol–water partition coefficient (Wildman–Crippen LogP) is 2.59. The third-order valence-electron chi connectivity index (χ3n) is 4.25. The fraction of sp³-hybridized carbons (Fsp3) is 0.263. The van der Waals surface area contributed by atoms with Crippen LogP contribution >= 0.6 is 0 Å². The van der Waals surface area contributed by atoms with Gasteiger partial charge in [0.2, 0.25) is 0 Å². The van der Waals surface area contributed by atoms with Crippen molar-refractivity contribution in [3.63, 3.8) is 0 Å². The summed E-state index contributed by atoms with van der Waals surface area (Å²) in [5.41, 5.74) is 2.69. The van der Waals surface area contributed by atoms with E-state index in [4.69, 9.17) is 0 Å². The summed E-state index contributed by atoms with van der Waals surface area (Å²) in [6.07, 6.45) is 0.997. The number of halogens is 1. The SMILES string of the molecule is O=C1CCc2c1cccc2C(=O)N(CCO)Cc1ccc(F)cc1. The summed E-state index contributed by atoms with van der Waals surface area (Å²) in [5, 5.41) is 9.28. The normalized spacial score (nSPS) is 13.0. The molecule has 24 heavy (non-hydrogen) atoms. The molecule has 2 aromatic carbocycles. The highest BCUT2D eigenvalue weighted by molar-refractivity contribution is 6.05. The van der Waals surface area contributed by atoms with Crippen LogP contribution < -0.4 is 0 Å². The average molecular weight is 327 g/mol. The first kappa shape index (κ1) is 16.3. The van der Waals surface area contributed by atoms with Crippen LogP contribution in [0, 0.1) is 5.82 Å². The van der Waals surface area contributed by atoms with E-state index in [0.29, 0.717) is 24.0 Å². The molecule has 1 aliphatic carbocycles. The van der Waals surface area contributed by atoms with Gasteiger partial charge in [0.25, 0.3) is 5.91 Å². The minimum atomic E-state index is -0.335. The van der Waals surface area contributed by atoms with Crippen LogP contribution in [-0.4, -0.2) is 34.8 Å². The summed E-state index contributed by atoms with van der Waals surface area (Å²) in [5.74, 6) is -0.495. The van der Waals surface area contributed by atoms with E-state index in [0.717, 1.165) is 11.1 Å². The third kappa shape index (κ3) is 3.21. The van der Waals surface area contributed by atoms with Gasteiger partial charge in [0.1, 0.15) is 5.82 Å². The van der Waals surface area contributed by atoms with E-state index < -0.39 is 0 Å². The third-order valence-corrected chi connectivity index (χ3v) is 4.25. The maximum atomic E-state index is 13.0. The highest BCUT2D eigenvalue weighted by Gasteiger charge is 2.26. The van der Waals surface area contributed by atoms with E-state index in [1.165, 1.54) is 17.0 Å². The van der Waals surface area contributed by atoms with Crippen LogP contribution in [0.4, 0.5) is 4.39 Å². The molecule has 0 saturated heterocycles. The molecule has 1 N–H and O–H groups in total. The van der Waals surface area contributed by atoms with Crippen LogP contribution in [0.5, 0.6) is 0 Å². The molecule has 0 bridgehead atoms. The maximum absolute atomic E-state index is 13.0. The molecule has 0 unspecified atom stereocenters. The fourth-order valence-corrected chi connectivity index (χ4v) is 3.04. The number of aliphatic hydroxyl groups excluding tert-OH is 1. The molecule has 0 aliphatic heterocycles. The molecule has 0 heterocycles. The van der Waals surface area contributed by atoms with Crippen molar-refractivity contribution in [2.45, 2.75) is 19.4 Å². The first-order chi connectivity index (χ1) is 11.6. The van der Waals surface area contributed by atoms with Gasteiger partial charge in [-0.05, 0) is 35.7 Å². The number of rotatable bonds is 5. The second-order valence-electron chi connectivity index (χ2n) is 5.83. The van der Waals surface area contributed by atoms with Gasteiger partial charge in [-0.2, -0.15) is 0 Å². The van der Waals surface area contributed by atoms with Crippen molar-refractivity contribution in [1.82, 2.24) is 4.90 Å². The molecule has 5 heteroatoms. The number of fused-ring (bicyclic) bond motifs is 1. The van der Waals surface area contributed by atoms with Gasteiger partial charge in [-0.1, -0.05) is 24.3 Å². The zero-order valence-electron chi connectivity index (χ0n) is 13.2. The summed E-state index contributed by atoms with van der Waals surface area (Å²) >= 11 is 0. The lowest BCUT2D eigenvalue weighted by Gasteiger charge is -2.23. The van der Waals surface area contributed by atoms with Crippen molar-refractivity contribution in [3.8, 4) is 0 Å². The molecule has 4 nitrogen and oxygen atoms in total. The van der Waals surface area contributed by atoms with Crippen molar-refractivity contribution >= 4 is 11.7 Å². The zero-order chi connectivity index (χ0) is 17.1. The van der Waals surface area contributed by atoms with Gasteiger partial charge in [-0.15, -0.1) is 0 Å². The molecular formula is C19H18FNO3. The Morgan fingerprint density at radius 1 is 1.12 bits per heavy atom. The van der Waals surface area contributed by atoms with Crippen molar-refractivity contribution in [2.24, 2.45) is 0 Å². The van der Waals surface area contributed by atoms with Gasteiger partial charge in [0.15, 0.2) is 5.78 Å². The molecule has 0 aromatic heterocycles. The average Bonchev–Trinajstić information content (AvgIpc) is 2.97. The Kier molecular flexibility index (Phi) is 4.71. The molecule has 0 radical (unpaired) electrons. The van der Waals surface area contributed by atoms with Crippen LogP contribution in [0.1, 0.15) is 38.3 Å². The zero-order valence-corrected chi connectivity index (χ0v) is 13.2. The van der Waals surface area contributed by atoms with Gasteiger partial charge < -0.3 is 10.0 Å². The van der Waals surface area contributed by atoms with E-state index in [1.54, 1.807) is 30.3 Å². The molecule has 0 atom stereocenters. The van der Waals surface area contributed by atoms with Crippen LogP contribution in [0.15, 0.2) is 42.5 Å². The largest absolute Gasteiger partial charge is 0.395 e. The lowest BCUT2D eigenvalue weighted by Crippen LogP contribution is -2.33. The number of amides is 1. The number of carbonyl (C=O) groups is 2. The minimum Gasteiger partial charge on any atom is -0.395 e. The van der Waals surface area contributed by atoms with E-state index in [1.807, 2.05) is 0 Å². The second kappa shape index (κ2) is 6.93. The fourth-order valence-electron chi connectivity index (χ4n) is 3.04. The van der Waals surface area contributed by atoms with Crippen LogP contribution in [-0.2, 0) is 13.0 Å². The van der Waals surface area contributed by atoms with Crippen LogP contribution in [0.3, 0.4) is 0 Å². The Balaban J connectivity index is 1.88. The van der Waals surface area contributed by atoms with Gasteiger partial charge in [-0.25, -0.2) is 4.39 Å². The van der Waals surface area contributed by atoms with E-state index in [9.17, 15) is 19.1 Å². The predicted molar refractivity (Wildman–Crippen MR) is 87.3 cm³/mol. The monoisotopic (exact) mass is 327 g/mol. The Morgan fingerprint density at radius 3 is 2.58 bits per heavy atom. The molecule has 0 spiro atoms. The molecule has 3 rings (SSSR count). The second-order valence-corrected chi connectivity index (χ2v) is 5.83. The number of ketones is 1. The van der Waals surface area contributed by atoms with Crippen LogP contribution in [0.2, 0.25) is 0 Å². The highest BCUT2D eigenvalue weighted by Crippen LogP contribution is 2.26. The maximum Gasteiger partial charge on any atom is 0.254 e. The highest BCUT2D eigenvalue weighted by atomic mass is 19.1. The quantitative estimate of drug-likeness (QED) is 0.918. The summed E-state index contributed by atoms with van der Waals surface area (Å²) < 4.78 is 13.0. The lowest BCUT2D eigenvalue weighted by molar-refractivity contribution is 0.0706. The minimum absolute atomic E-state index is 0.0619. The van der Waals surface area contributed by atoms with Crippen molar-refractivity contribution < 1.29 is 19.1 Å². The molecule has 1 aliphatic rings. The molecule has 124 valence electrons. The number of aliphatic hydroxyl groups is 1. The number of benzene rings is 2. The van der Waals surface area contributed by atoms with Crippen molar-refractivity contribution in [3.05, 3.63) is 70.5 Å². The van der Waals surface area contributed by atoms with Crippen molar-refractivity contribution in [2.75, 3.05) is 13.2 Å². The van der Waals surface area contributed by atoms with E-state index >= 15 is 0 Å². The summed E-state index contributed by atoms with van der Waals surface area (Å²) in [6, 6.07) is 11.1. The van der Waals surface area contributed by atoms with Crippen LogP contribution in [0.25, 0.3) is 0 Å².